The predicted octanol–water partition coefficient (Wildman–Crippen LogP) is 2.91. The molecule has 0 radical (unpaired) electrons. The van der Waals surface area contributed by atoms with Gasteiger partial charge in [0.15, 0.2) is 0 Å². The molecule has 0 saturated carbocycles. The summed E-state index contributed by atoms with van der Waals surface area (Å²) >= 11 is 3.36. The van der Waals surface area contributed by atoms with E-state index in [0.717, 1.165) is 17.6 Å². The Balaban J connectivity index is 1.72. The van der Waals surface area contributed by atoms with Crippen molar-refractivity contribution in [2.24, 2.45) is 0 Å². The average Bonchev–Trinajstić information content (AvgIpc) is 3.04. The van der Waals surface area contributed by atoms with Gasteiger partial charge in [0.25, 0.3) is 11.7 Å². The molecular weight excluding hydrogens is 464 g/mol. The lowest BCUT2D eigenvalue weighted by Crippen LogP contribution is -2.42. The molecule has 7 nitrogen and oxygen atoms in total. The predicted molar refractivity (Wildman–Crippen MR) is 119 cm³/mol. The Morgan fingerprint density at radius 2 is 1.65 bits per heavy atom. The van der Waals surface area contributed by atoms with Crippen LogP contribution in [0.15, 0.2) is 58.6 Å². The summed E-state index contributed by atoms with van der Waals surface area (Å²) in [4.78, 5) is 29.7. The number of phenols is 1. The fourth-order valence-electron chi connectivity index (χ4n) is 3.95. The van der Waals surface area contributed by atoms with E-state index in [1.54, 1.807) is 36.4 Å². The van der Waals surface area contributed by atoms with E-state index in [-0.39, 0.29) is 17.1 Å². The van der Waals surface area contributed by atoms with Crippen LogP contribution >= 0.6 is 15.9 Å². The summed E-state index contributed by atoms with van der Waals surface area (Å²) in [5.41, 5.74) is 1.16. The molecule has 1 amide bonds. The van der Waals surface area contributed by atoms with Gasteiger partial charge in [-0.3, -0.25) is 14.5 Å². The largest absolute Gasteiger partial charge is 0.508 e. The summed E-state index contributed by atoms with van der Waals surface area (Å²) in [6.45, 7) is 3.77. The molecule has 2 aromatic carbocycles. The van der Waals surface area contributed by atoms with Gasteiger partial charge in [0.05, 0.1) is 24.8 Å². The van der Waals surface area contributed by atoms with Gasteiger partial charge in [-0.15, -0.1) is 0 Å². The molecule has 0 bridgehead atoms. The molecule has 0 aliphatic carbocycles. The van der Waals surface area contributed by atoms with Gasteiger partial charge in [-0.05, 0) is 29.8 Å². The van der Waals surface area contributed by atoms with Crippen LogP contribution in [0.1, 0.15) is 17.2 Å². The fraction of sp³-hybridized carbons (Fsp3) is 0.304. The molecule has 4 rings (SSSR count). The Morgan fingerprint density at radius 3 is 2.29 bits per heavy atom. The number of morpholine rings is 1. The summed E-state index contributed by atoms with van der Waals surface area (Å²) in [5, 5.41) is 20.7. The number of ketones is 1. The first kappa shape index (κ1) is 21.5. The van der Waals surface area contributed by atoms with Crippen molar-refractivity contribution < 1.29 is 24.5 Å². The van der Waals surface area contributed by atoms with E-state index in [1.807, 2.05) is 0 Å². The minimum atomic E-state index is -0.731. The number of Topliss-reactive ketones (excluding diaryl/α,β-unsaturated/α-hetero) is 1. The number of carbonyl (C=O) groups excluding carboxylic acids is 2. The third-order valence-electron chi connectivity index (χ3n) is 5.63. The maximum Gasteiger partial charge on any atom is 0.295 e. The average molecular weight is 487 g/mol. The Bertz CT molecular complexity index is 998. The van der Waals surface area contributed by atoms with Crippen LogP contribution in [0, 0.1) is 0 Å². The van der Waals surface area contributed by atoms with Crippen LogP contribution in [0.2, 0.25) is 0 Å². The van der Waals surface area contributed by atoms with Gasteiger partial charge in [-0.1, -0.05) is 40.2 Å². The third kappa shape index (κ3) is 4.51. The van der Waals surface area contributed by atoms with Crippen molar-refractivity contribution in [2.75, 3.05) is 39.4 Å². The van der Waals surface area contributed by atoms with Crippen molar-refractivity contribution in [1.82, 2.24) is 9.80 Å². The fourth-order valence-corrected chi connectivity index (χ4v) is 4.22. The number of ether oxygens (including phenoxy) is 1. The Hall–Kier alpha value is -2.68. The lowest BCUT2D eigenvalue weighted by atomic mass is 9.95. The zero-order valence-corrected chi connectivity index (χ0v) is 18.4. The number of aliphatic hydroxyl groups is 1. The van der Waals surface area contributed by atoms with Gasteiger partial charge < -0.3 is 19.8 Å². The quantitative estimate of drug-likeness (QED) is 0.383. The normalized spacial score (nSPS) is 21.6. The number of likely N-dealkylation sites (tertiary alicyclic amines) is 1. The van der Waals surface area contributed by atoms with Crippen LogP contribution in [-0.4, -0.2) is 71.1 Å². The van der Waals surface area contributed by atoms with Crippen molar-refractivity contribution in [3.05, 3.63) is 69.7 Å². The molecule has 2 aliphatic heterocycles. The minimum absolute atomic E-state index is 0.0555. The van der Waals surface area contributed by atoms with E-state index in [1.165, 1.54) is 17.0 Å². The molecule has 162 valence electrons. The second-order valence-corrected chi connectivity index (χ2v) is 8.46. The van der Waals surface area contributed by atoms with Gasteiger partial charge in [0.1, 0.15) is 11.5 Å². The molecular formula is C23H23BrN2O5. The van der Waals surface area contributed by atoms with Gasteiger partial charge in [0, 0.05) is 36.2 Å². The number of nitrogens with zero attached hydrogens (tertiary/aromatic N) is 2. The molecule has 2 heterocycles. The first-order valence-corrected chi connectivity index (χ1v) is 10.9. The first-order valence-electron chi connectivity index (χ1n) is 10.1. The minimum Gasteiger partial charge on any atom is -0.508 e. The number of hydrogen-bond acceptors (Lipinski definition) is 6. The summed E-state index contributed by atoms with van der Waals surface area (Å²) in [6.07, 6.45) is 0. The highest BCUT2D eigenvalue weighted by Crippen LogP contribution is 2.39. The van der Waals surface area contributed by atoms with Gasteiger partial charge >= 0.3 is 0 Å². The number of amides is 1. The standard InChI is InChI=1S/C23H23BrN2O5/c24-17-5-1-16(2-6-17)21(28)19-20(15-3-7-18(27)8-4-15)26(23(30)22(19)29)10-9-25-11-13-31-14-12-25/h1-8,20,27-28H,9-14H2/t20-/m1/s1. The second-order valence-electron chi connectivity index (χ2n) is 7.54. The van der Waals surface area contributed by atoms with Crippen LogP contribution in [0.5, 0.6) is 5.75 Å². The van der Waals surface area contributed by atoms with Crippen LogP contribution in [0.25, 0.3) is 5.76 Å². The Morgan fingerprint density at radius 1 is 1.00 bits per heavy atom. The van der Waals surface area contributed by atoms with Crippen molar-refractivity contribution in [3.8, 4) is 5.75 Å². The van der Waals surface area contributed by atoms with E-state index in [0.29, 0.717) is 37.4 Å². The number of phenolic OH excluding ortho intramolecular Hbond substituents is 1. The van der Waals surface area contributed by atoms with Gasteiger partial charge in [-0.25, -0.2) is 0 Å². The summed E-state index contributed by atoms with van der Waals surface area (Å²) in [7, 11) is 0. The van der Waals surface area contributed by atoms with Crippen LogP contribution < -0.4 is 0 Å². The number of rotatable bonds is 5. The number of halogens is 1. The first-order chi connectivity index (χ1) is 15.0. The Labute approximate surface area is 188 Å². The van der Waals surface area contributed by atoms with Crippen molar-refractivity contribution in [3.63, 3.8) is 0 Å². The number of aliphatic hydroxyl groups excluding tert-OH is 1. The van der Waals surface area contributed by atoms with Crippen LogP contribution in [0.3, 0.4) is 0 Å². The second kappa shape index (κ2) is 9.21. The molecule has 2 N–H and O–H groups in total. The molecule has 2 fully saturated rings. The van der Waals surface area contributed by atoms with Gasteiger partial charge in [0.2, 0.25) is 0 Å². The highest BCUT2D eigenvalue weighted by molar-refractivity contribution is 9.10. The van der Waals surface area contributed by atoms with Crippen LogP contribution in [-0.2, 0) is 14.3 Å². The zero-order chi connectivity index (χ0) is 22.0. The molecule has 2 aromatic rings. The van der Waals surface area contributed by atoms with Crippen molar-refractivity contribution in [1.29, 1.82) is 0 Å². The van der Waals surface area contributed by atoms with E-state index >= 15 is 0 Å². The lowest BCUT2D eigenvalue weighted by Gasteiger charge is -2.31. The highest BCUT2D eigenvalue weighted by Gasteiger charge is 2.46. The molecule has 0 aromatic heterocycles. The molecule has 31 heavy (non-hydrogen) atoms. The number of hydrogen-bond donors (Lipinski definition) is 2. The highest BCUT2D eigenvalue weighted by atomic mass is 79.9. The summed E-state index contributed by atoms with van der Waals surface area (Å²) in [5.74, 6) is -1.47. The van der Waals surface area contributed by atoms with E-state index in [4.69, 9.17) is 4.74 Å². The maximum absolute atomic E-state index is 13.0. The van der Waals surface area contributed by atoms with E-state index in [2.05, 4.69) is 20.8 Å². The summed E-state index contributed by atoms with van der Waals surface area (Å²) < 4.78 is 6.21. The lowest BCUT2D eigenvalue weighted by molar-refractivity contribution is -0.140. The molecule has 2 aliphatic rings. The monoisotopic (exact) mass is 486 g/mol. The Kier molecular flexibility index (Phi) is 6.41. The number of benzene rings is 2. The van der Waals surface area contributed by atoms with Crippen molar-refractivity contribution >= 4 is 33.4 Å². The molecule has 8 heteroatoms. The smallest absolute Gasteiger partial charge is 0.295 e. The third-order valence-corrected chi connectivity index (χ3v) is 6.16. The van der Waals surface area contributed by atoms with Gasteiger partial charge in [-0.2, -0.15) is 0 Å². The number of aromatic hydroxyl groups is 1. The van der Waals surface area contributed by atoms with Crippen molar-refractivity contribution in [2.45, 2.75) is 6.04 Å². The maximum atomic E-state index is 13.0. The topological polar surface area (TPSA) is 90.3 Å². The van der Waals surface area contributed by atoms with E-state index in [9.17, 15) is 19.8 Å². The molecule has 1 atom stereocenters. The molecule has 0 unspecified atom stereocenters. The molecule has 2 saturated heterocycles. The molecule has 0 spiro atoms. The summed E-state index contributed by atoms with van der Waals surface area (Å²) in [6, 6.07) is 12.5. The van der Waals surface area contributed by atoms with Crippen LogP contribution in [0.4, 0.5) is 0 Å². The number of carbonyl (C=O) groups is 2. The SMILES string of the molecule is O=C1C(=O)N(CCN2CCOCC2)[C@H](c2ccc(O)cc2)C1=C(O)c1ccc(Br)cc1. The zero-order valence-electron chi connectivity index (χ0n) is 16.8. The van der Waals surface area contributed by atoms with E-state index < -0.39 is 17.7 Å².